The zero-order chi connectivity index (χ0) is 13.0. The van der Waals surface area contributed by atoms with Gasteiger partial charge in [0.15, 0.2) is 0 Å². The van der Waals surface area contributed by atoms with Crippen molar-refractivity contribution < 1.29 is 14.6 Å². The van der Waals surface area contributed by atoms with E-state index in [-0.39, 0.29) is 18.6 Å². The van der Waals surface area contributed by atoms with Crippen LogP contribution in [-0.4, -0.2) is 41.7 Å². The SMILES string of the molecule is CCOc1ccc(C(=O)N2CCC[C@@H]2CO)cc1. The highest BCUT2D eigenvalue weighted by atomic mass is 16.5. The summed E-state index contributed by atoms with van der Waals surface area (Å²) in [6.07, 6.45) is 1.85. The van der Waals surface area contributed by atoms with Crippen molar-refractivity contribution in [3.05, 3.63) is 29.8 Å². The van der Waals surface area contributed by atoms with Gasteiger partial charge >= 0.3 is 0 Å². The third kappa shape index (κ3) is 2.64. The lowest BCUT2D eigenvalue weighted by Gasteiger charge is -2.23. The fourth-order valence-corrected chi connectivity index (χ4v) is 2.32. The average Bonchev–Trinajstić information content (AvgIpc) is 2.87. The van der Waals surface area contributed by atoms with Crippen LogP contribution in [0.2, 0.25) is 0 Å². The van der Waals surface area contributed by atoms with Crippen molar-refractivity contribution in [2.45, 2.75) is 25.8 Å². The molecule has 1 saturated heterocycles. The fourth-order valence-electron chi connectivity index (χ4n) is 2.32. The Labute approximate surface area is 107 Å². The van der Waals surface area contributed by atoms with Gasteiger partial charge in [-0.25, -0.2) is 0 Å². The number of nitrogens with zero attached hydrogens (tertiary/aromatic N) is 1. The Morgan fingerprint density at radius 1 is 1.44 bits per heavy atom. The van der Waals surface area contributed by atoms with Crippen molar-refractivity contribution in [2.24, 2.45) is 0 Å². The van der Waals surface area contributed by atoms with Crippen LogP contribution in [0.15, 0.2) is 24.3 Å². The van der Waals surface area contributed by atoms with Crippen LogP contribution in [0.1, 0.15) is 30.1 Å². The maximum absolute atomic E-state index is 12.3. The maximum Gasteiger partial charge on any atom is 0.254 e. The summed E-state index contributed by atoms with van der Waals surface area (Å²) in [5, 5.41) is 9.23. The Morgan fingerprint density at radius 2 is 2.17 bits per heavy atom. The van der Waals surface area contributed by atoms with Crippen LogP contribution in [-0.2, 0) is 0 Å². The molecule has 1 aromatic rings. The third-order valence-corrected chi connectivity index (χ3v) is 3.26. The van der Waals surface area contributed by atoms with Crippen LogP contribution in [0.3, 0.4) is 0 Å². The van der Waals surface area contributed by atoms with E-state index in [0.29, 0.717) is 12.2 Å². The molecule has 1 atom stereocenters. The molecule has 4 nitrogen and oxygen atoms in total. The van der Waals surface area contributed by atoms with Gasteiger partial charge in [-0.1, -0.05) is 0 Å². The molecule has 2 rings (SSSR count). The van der Waals surface area contributed by atoms with Gasteiger partial charge < -0.3 is 14.7 Å². The van der Waals surface area contributed by atoms with Gasteiger partial charge in [-0.2, -0.15) is 0 Å². The minimum atomic E-state index is -0.0240. The normalized spacial score (nSPS) is 19.0. The molecule has 0 saturated carbocycles. The summed E-state index contributed by atoms with van der Waals surface area (Å²) >= 11 is 0. The Bertz CT molecular complexity index is 402. The summed E-state index contributed by atoms with van der Waals surface area (Å²) in [5.41, 5.74) is 0.652. The molecule has 1 amide bonds. The smallest absolute Gasteiger partial charge is 0.254 e. The average molecular weight is 249 g/mol. The van der Waals surface area contributed by atoms with E-state index in [1.807, 2.05) is 6.92 Å². The van der Waals surface area contributed by atoms with Crippen molar-refractivity contribution in [3.63, 3.8) is 0 Å². The Hall–Kier alpha value is -1.55. The number of rotatable bonds is 4. The van der Waals surface area contributed by atoms with Crippen LogP contribution in [0.4, 0.5) is 0 Å². The van der Waals surface area contributed by atoms with Gasteiger partial charge in [0.2, 0.25) is 0 Å². The second-order valence-corrected chi connectivity index (χ2v) is 4.43. The zero-order valence-corrected chi connectivity index (χ0v) is 10.6. The van der Waals surface area contributed by atoms with Gasteiger partial charge in [-0.15, -0.1) is 0 Å². The van der Waals surface area contributed by atoms with Crippen molar-refractivity contribution in [1.82, 2.24) is 4.90 Å². The van der Waals surface area contributed by atoms with Gasteiger partial charge in [0, 0.05) is 12.1 Å². The molecule has 0 spiro atoms. The standard InChI is InChI=1S/C14H19NO3/c1-2-18-13-7-5-11(6-8-13)14(17)15-9-3-4-12(15)10-16/h5-8,12,16H,2-4,9-10H2,1H3/t12-/m1/s1. The molecule has 0 aliphatic carbocycles. The minimum absolute atomic E-state index is 0.00500. The molecule has 0 aromatic heterocycles. The molecule has 1 heterocycles. The van der Waals surface area contributed by atoms with Gasteiger partial charge in [0.1, 0.15) is 5.75 Å². The number of aliphatic hydroxyl groups is 1. The fraction of sp³-hybridized carbons (Fsp3) is 0.500. The molecule has 98 valence electrons. The van der Waals surface area contributed by atoms with Crippen LogP contribution < -0.4 is 4.74 Å². The highest BCUT2D eigenvalue weighted by molar-refractivity contribution is 5.94. The summed E-state index contributed by atoms with van der Waals surface area (Å²) in [7, 11) is 0. The number of carbonyl (C=O) groups is 1. The van der Waals surface area contributed by atoms with E-state index in [4.69, 9.17) is 4.74 Å². The van der Waals surface area contributed by atoms with E-state index in [1.165, 1.54) is 0 Å². The number of hydrogen-bond donors (Lipinski definition) is 1. The monoisotopic (exact) mass is 249 g/mol. The molecule has 1 aliphatic rings. The first-order valence-corrected chi connectivity index (χ1v) is 6.41. The number of ether oxygens (including phenoxy) is 1. The number of carbonyl (C=O) groups excluding carboxylic acids is 1. The number of amides is 1. The van der Waals surface area contributed by atoms with Crippen molar-refractivity contribution >= 4 is 5.91 Å². The maximum atomic E-state index is 12.3. The van der Waals surface area contributed by atoms with Crippen LogP contribution in [0.25, 0.3) is 0 Å². The van der Waals surface area contributed by atoms with Crippen LogP contribution in [0.5, 0.6) is 5.75 Å². The molecule has 18 heavy (non-hydrogen) atoms. The molecule has 0 bridgehead atoms. The Morgan fingerprint density at radius 3 is 2.78 bits per heavy atom. The van der Waals surface area contributed by atoms with Crippen molar-refractivity contribution in [1.29, 1.82) is 0 Å². The number of aliphatic hydroxyl groups excluding tert-OH is 1. The molecular formula is C14H19NO3. The lowest BCUT2D eigenvalue weighted by molar-refractivity contribution is 0.0677. The van der Waals surface area contributed by atoms with E-state index in [0.717, 1.165) is 25.1 Å². The summed E-state index contributed by atoms with van der Waals surface area (Å²) in [6, 6.07) is 7.14. The van der Waals surface area contributed by atoms with E-state index >= 15 is 0 Å². The molecule has 0 unspecified atom stereocenters. The summed E-state index contributed by atoms with van der Waals surface area (Å²) in [4.78, 5) is 14.0. The van der Waals surface area contributed by atoms with E-state index in [2.05, 4.69) is 0 Å². The number of hydrogen-bond acceptors (Lipinski definition) is 3. The minimum Gasteiger partial charge on any atom is -0.494 e. The van der Waals surface area contributed by atoms with E-state index in [1.54, 1.807) is 29.2 Å². The summed E-state index contributed by atoms with van der Waals surface area (Å²) in [5.74, 6) is 0.767. The van der Waals surface area contributed by atoms with Crippen molar-refractivity contribution in [2.75, 3.05) is 19.8 Å². The molecule has 1 fully saturated rings. The van der Waals surface area contributed by atoms with E-state index in [9.17, 15) is 9.90 Å². The van der Waals surface area contributed by atoms with Crippen molar-refractivity contribution in [3.8, 4) is 5.75 Å². The molecule has 0 radical (unpaired) electrons. The highest BCUT2D eigenvalue weighted by Crippen LogP contribution is 2.21. The molecule has 1 N–H and O–H groups in total. The summed E-state index contributed by atoms with van der Waals surface area (Å²) in [6.45, 7) is 3.32. The highest BCUT2D eigenvalue weighted by Gasteiger charge is 2.28. The predicted molar refractivity (Wildman–Crippen MR) is 68.8 cm³/mol. The largest absolute Gasteiger partial charge is 0.494 e. The molecule has 1 aliphatic heterocycles. The lowest BCUT2D eigenvalue weighted by atomic mass is 10.1. The van der Waals surface area contributed by atoms with E-state index < -0.39 is 0 Å². The first-order valence-electron chi connectivity index (χ1n) is 6.41. The zero-order valence-electron chi connectivity index (χ0n) is 10.6. The second-order valence-electron chi connectivity index (χ2n) is 4.43. The first-order chi connectivity index (χ1) is 8.76. The van der Waals surface area contributed by atoms with Gasteiger partial charge in [-0.3, -0.25) is 4.79 Å². The Balaban J connectivity index is 2.08. The predicted octanol–water partition coefficient (Wildman–Crippen LogP) is 1.68. The topological polar surface area (TPSA) is 49.8 Å². The lowest BCUT2D eigenvalue weighted by Crippen LogP contribution is -2.37. The van der Waals surface area contributed by atoms with Crippen LogP contribution >= 0.6 is 0 Å². The second kappa shape index (κ2) is 5.87. The number of benzene rings is 1. The van der Waals surface area contributed by atoms with Gasteiger partial charge in [0.25, 0.3) is 5.91 Å². The third-order valence-electron chi connectivity index (χ3n) is 3.26. The quantitative estimate of drug-likeness (QED) is 0.883. The Kier molecular flexibility index (Phi) is 4.20. The summed E-state index contributed by atoms with van der Waals surface area (Å²) < 4.78 is 5.34. The van der Waals surface area contributed by atoms with Gasteiger partial charge in [0.05, 0.1) is 19.3 Å². The van der Waals surface area contributed by atoms with Crippen LogP contribution in [0, 0.1) is 0 Å². The number of likely N-dealkylation sites (tertiary alicyclic amines) is 1. The molecular weight excluding hydrogens is 230 g/mol. The van der Waals surface area contributed by atoms with Gasteiger partial charge in [-0.05, 0) is 44.0 Å². The molecule has 4 heteroatoms. The first kappa shape index (κ1) is 12.9. The molecule has 1 aromatic carbocycles.